The monoisotopic (exact) mass is 244 g/mol. The third kappa shape index (κ3) is 2.62. The minimum atomic E-state index is -0.593. The van der Waals surface area contributed by atoms with Gasteiger partial charge in [-0.3, -0.25) is 4.79 Å². The van der Waals surface area contributed by atoms with Gasteiger partial charge in [0, 0.05) is 12.1 Å². The molecule has 2 N–H and O–H groups in total. The number of methoxy groups -OCH3 is 2. The molecule has 5 nitrogen and oxygen atoms in total. The lowest BCUT2D eigenvalue weighted by molar-refractivity contribution is -0.142. The van der Waals surface area contributed by atoms with Gasteiger partial charge in [0.2, 0.25) is 5.88 Å². The number of nitrogens with two attached hydrogens (primary N) is 1. The highest BCUT2D eigenvalue weighted by Crippen LogP contribution is 2.26. The predicted molar refractivity (Wildman–Crippen MR) is 59.6 cm³/mol. The molecule has 1 aromatic heterocycles. The summed E-state index contributed by atoms with van der Waals surface area (Å²) >= 11 is 5.72. The van der Waals surface area contributed by atoms with E-state index in [1.54, 1.807) is 12.1 Å². The fourth-order valence-corrected chi connectivity index (χ4v) is 1.49. The molecule has 0 radical (unpaired) electrons. The van der Waals surface area contributed by atoms with Crippen LogP contribution in [0.2, 0.25) is 5.15 Å². The van der Waals surface area contributed by atoms with Gasteiger partial charge in [0.25, 0.3) is 0 Å². The van der Waals surface area contributed by atoms with E-state index in [1.165, 1.54) is 14.2 Å². The quantitative estimate of drug-likeness (QED) is 0.631. The van der Waals surface area contributed by atoms with Crippen LogP contribution in [0.15, 0.2) is 12.1 Å². The highest BCUT2D eigenvalue weighted by molar-refractivity contribution is 6.29. The maximum Gasteiger partial charge on any atom is 0.314 e. The summed E-state index contributed by atoms with van der Waals surface area (Å²) in [7, 11) is 2.76. The SMILES string of the molecule is COC(=O)C(CN)c1ccc(Cl)nc1OC. The van der Waals surface area contributed by atoms with Gasteiger partial charge < -0.3 is 15.2 Å². The third-order valence-corrected chi connectivity index (χ3v) is 2.36. The first-order chi connectivity index (χ1) is 7.63. The molecule has 0 aliphatic heterocycles. The summed E-state index contributed by atoms with van der Waals surface area (Å²) in [5, 5.41) is 0.293. The summed E-state index contributed by atoms with van der Waals surface area (Å²) in [5.74, 6) is -0.733. The average molecular weight is 245 g/mol. The van der Waals surface area contributed by atoms with Crippen LogP contribution in [0.3, 0.4) is 0 Å². The van der Waals surface area contributed by atoms with E-state index in [9.17, 15) is 4.79 Å². The summed E-state index contributed by atoms with van der Waals surface area (Å²) in [6.07, 6.45) is 0. The van der Waals surface area contributed by atoms with Crippen molar-refractivity contribution in [3.8, 4) is 5.88 Å². The van der Waals surface area contributed by atoms with Gasteiger partial charge >= 0.3 is 5.97 Å². The van der Waals surface area contributed by atoms with E-state index in [4.69, 9.17) is 22.1 Å². The van der Waals surface area contributed by atoms with Gasteiger partial charge in [-0.15, -0.1) is 0 Å². The van der Waals surface area contributed by atoms with Crippen molar-refractivity contribution in [2.45, 2.75) is 5.92 Å². The van der Waals surface area contributed by atoms with E-state index in [0.717, 1.165) is 0 Å². The molecule has 0 bridgehead atoms. The van der Waals surface area contributed by atoms with Crippen molar-refractivity contribution in [3.05, 3.63) is 22.8 Å². The van der Waals surface area contributed by atoms with Gasteiger partial charge in [-0.1, -0.05) is 11.6 Å². The number of halogens is 1. The molecule has 0 fully saturated rings. The van der Waals surface area contributed by atoms with Crippen molar-refractivity contribution in [2.24, 2.45) is 5.73 Å². The lowest BCUT2D eigenvalue weighted by atomic mass is 10.0. The molecular weight excluding hydrogens is 232 g/mol. The van der Waals surface area contributed by atoms with E-state index in [1.807, 2.05) is 0 Å². The molecule has 1 atom stereocenters. The molecule has 16 heavy (non-hydrogen) atoms. The van der Waals surface area contributed by atoms with E-state index >= 15 is 0 Å². The molecule has 1 rings (SSSR count). The Morgan fingerprint density at radius 1 is 1.56 bits per heavy atom. The van der Waals surface area contributed by atoms with Crippen molar-refractivity contribution in [1.29, 1.82) is 0 Å². The molecule has 1 unspecified atom stereocenters. The molecule has 0 saturated carbocycles. The summed E-state index contributed by atoms with van der Waals surface area (Å²) in [5.41, 5.74) is 6.10. The molecule has 0 spiro atoms. The highest BCUT2D eigenvalue weighted by atomic mass is 35.5. The van der Waals surface area contributed by atoms with E-state index in [-0.39, 0.29) is 12.4 Å². The Morgan fingerprint density at radius 2 is 2.25 bits per heavy atom. The van der Waals surface area contributed by atoms with Gasteiger partial charge in [-0.2, -0.15) is 0 Å². The van der Waals surface area contributed by atoms with Crippen LogP contribution in [0.25, 0.3) is 0 Å². The molecule has 0 saturated heterocycles. The maximum atomic E-state index is 11.5. The minimum absolute atomic E-state index is 0.117. The number of rotatable bonds is 4. The van der Waals surface area contributed by atoms with Crippen LogP contribution >= 0.6 is 11.6 Å². The first-order valence-electron chi connectivity index (χ1n) is 4.62. The molecule has 0 aliphatic rings. The normalized spacial score (nSPS) is 12.0. The number of nitrogens with zero attached hydrogens (tertiary/aromatic N) is 1. The second-order valence-corrected chi connectivity index (χ2v) is 3.43. The van der Waals surface area contributed by atoms with Crippen LogP contribution in [-0.4, -0.2) is 31.7 Å². The van der Waals surface area contributed by atoms with Gasteiger partial charge in [-0.05, 0) is 12.1 Å². The number of esters is 1. The van der Waals surface area contributed by atoms with Crippen molar-refractivity contribution >= 4 is 17.6 Å². The largest absolute Gasteiger partial charge is 0.481 e. The van der Waals surface area contributed by atoms with Gasteiger partial charge in [-0.25, -0.2) is 4.98 Å². The standard InChI is InChI=1S/C10H13ClN2O3/c1-15-9-6(3-4-8(11)13-9)7(5-12)10(14)16-2/h3-4,7H,5,12H2,1-2H3. The lowest BCUT2D eigenvalue weighted by Crippen LogP contribution is -2.23. The zero-order valence-corrected chi connectivity index (χ0v) is 9.82. The van der Waals surface area contributed by atoms with E-state index in [0.29, 0.717) is 10.7 Å². The first-order valence-corrected chi connectivity index (χ1v) is 5.00. The molecule has 0 amide bonds. The second kappa shape index (κ2) is 5.67. The van der Waals surface area contributed by atoms with Crippen LogP contribution in [0.5, 0.6) is 5.88 Å². The van der Waals surface area contributed by atoms with Crippen LogP contribution < -0.4 is 10.5 Å². The van der Waals surface area contributed by atoms with Crippen LogP contribution in [0.1, 0.15) is 11.5 Å². The highest BCUT2D eigenvalue weighted by Gasteiger charge is 2.24. The second-order valence-electron chi connectivity index (χ2n) is 3.04. The fourth-order valence-electron chi connectivity index (χ4n) is 1.35. The summed E-state index contributed by atoms with van der Waals surface area (Å²) < 4.78 is 9.70. The summed E-state index contributed by atoms with van der Waals surface area (Å²) in [4.78, 5) is 15.4. The number of ether oxygens (including phenoxy) is 2. The van der Waals surface area contributed by atoms with E-state index in [2.05, 4.69) is 9.72 Å². The van der Waals surface area contributed by atoms with E-state index < -0.39 is 11.9 Å². The number of hydrogen-bond acceptors (Lipinski definition) is 5. The number of carbonyl (C=O) groups excluding carboxylic acids is 1. The van der Waals surface area contributed by atoms with Gasteiger partial charge in [0.15, 0.2) is 0 Å². The Balaban J connectivity index is 3.14. The van der Waals surface area contributed by atoms with Crippen LogP contribution in [0.4, 0.5) is 0 Å². The number of aromatic nitrogens is 1. The smallest absolute Gasteiger partial charge is 0.314 e. The Morgan fingerprint density at radius 3 is 2.75 bits per heavy atom. The lowest BCUT2D eigenvalue weighted by Gasteiger charge is -2.15. The molecule has 0 aliphatic carbocycles. The molecule has 1 aromatic rings. The van der Waals surface area contributed by atoms with Crippen molar-refractivity contribution in [1.82, 2.24) is 4.98 Å². The average Bonchev–Trinajstić information content (AvgIpc) is 2.31. The maximum absolute atomic E-state index is 11.5. The Labute approximate surface area is 98.5 Å². The number of pyridine rings is 1. The summed E-state index contributed by atoms with van der Waals surface area (Å²) in [6, 6.07) is 3.23. The fraction of sp³-hybridized carbons (Fsp3) is 0.400. The first kappa shape index (κ1) is 12.7. The van der Waals surface area contributed by atoms with Gasteiger partial charge in [0.05, 0.1) is 20.1 Å². The molecular formula is C10H13ClN2O3. The van der Waals surface area contributed by atoms with Gasteiger partial charge in [0.1, 0.15) is 5.15 Å². The van der Waals surface area contributed by atoms with Crippen molar-refractivity contribution < 1.29 is 14.3 Å². The van der Waals surface area contributed by atoms with Crippen molar-refractivity contribution in [3.63, 3.8) is 0 Å². The molecule has 6 heteroatoms. The zero-order valence-electron chi connectivity index (χ0n) is 9.07. The van der Waals surface area contributed by atoms with Crippen LogP contribution in [-0.2, 0) is 9.53 Å². The third-order valence-electron chi connectivity index (χ3n) is 2.15. The molecule has 88 valence electrons. The number of carbonyl (C=O) groups is 1. The topological polar surface area (TPSA) is 74.4 Å². The molecule has 0 aromatic carbocycles. The Hall–Kier alpha value is -1.33. The Kier molecular flexibility index (Phi) is 4.52. The van der Waals surface area contributed by atoms with Crippen molar-refractivity contribution in [2.75, 3.05) is 20.8 Å². The summed E-state index contributed by atoms with van der Waals surface area (Å²) in [6.45, 7) is 0.117. The minimum Gasteiger partial charge on any atom is -0.481 e. The van der Waals surface area contributed by atoms with Crippen LogP contribution in [0, 0.1) is 0 Å². The zero-order chi connectivity index (χ0) is 12.1. The Bertz CT molecular complexity index is 384. The predicted octanol–water partition coefficient (Wildman–Crippen LogP) is 0.959. The number of hydrogen-bond donors (Lipinski definition) is 1. The molecule has 1 heterocycles.